The average Bonchev–Trinajstić information content (AvgIpc) is 2.15. The fourth-order valence-electron chi connectivity index (χ4n) is 1.42. The molecular formula is C10H9ClN2O2. The number of aromatic nitrogens is 1. The monoisotopic (exact) mass is 224 g/mol. The van der Waals surface area contributed by atoms with Gasteiger partial charge in [0.15, 0.2) is 5.78 Å². The summed E-state index contributed by atoms with van der Waals surface area (Å²) in [6.45, 7) is 3.17. The molecule has 1 amide bonds. The molecule has 0 unspecified atom stereocenters. The molecule has 2 rings (SSSR count). The normalized spacial score (nSPS) is 18.3. The van der Waals surface area contributed by atoms with Gasteiger partial charge in [0, 0.05) is 0 Å². The third-order valence-electron chi connectivity index (χ3n) is 2.47. The van der Waals surface area contributed by atoms with Gasteiger partial charge in [0.05, 0.1) is 5.56 Å². The smallest absolute Gasteiger partial charge is 0.239 e. The van der Waals surface area contributed by atoms with Crippen molar-refractivity contribution in [2.45, 2.75) is 13.8 Å². The second kappa shape index (κ2) is 3.03. The molecule has 0 atom stereocenters. The first-order valence-corrected chi connectivity index (χ1v) is 4.83. The lowest BCUT2D eigenvalue weighted by atomic mass is 9.81. The maximum atomic E-state index is 11.9. The van der Waals surface area contributed by atoms with Crippen molar-refractivity contribution in [3.05, 3.63) is 22.8 Å². The number of ketones is 1. The highest BCUT2D eigenvalue weighted by atomic mass is 35.5. The van der Waals surface area contributed by atoms with Crippen LogP contribution in [0.15, 0.2) is 12.1 Å². The summed E-state index contributed by atoms with van der Waals surface area (Å²) in [6, 6.07) is 3.11. The van der Waals surface area contributed by atoms with Gasteiger partial charge in [-0.3, -0.25) is 9.59 Å². The van der Waals surface area contributed by atoms with Crippen LogP contribution in [0.4, 0.5) is 5.82 Å². The van der Waals surface area contributed by atoms with Crippen LogP contribution in [-0.2, 0) is 4.79 Å². The zero-order chi connectivity index (χ0) is 11.2. The molecule has 0 radical (unpaired) electrons. The number of amides is 1. The van der Waals surface area contributed by atoms with E-state index in [0.717, 1.165) is 0 Å². The summed E-state index contributed by atoms with van der Waals surface area (Å²) >= 11 is 5.67. The third-order valence-corrected chi connectivity index (χ3v) is 2.68. The van der Waals surface area contributed by atoms with Gasteiger partial charge in [0.25, 0.3) is 0 Å². The largest absolute Gasteiger partial charge is 0.309 e. The van der Waals surface area contributed by atoms with Gasteiger partial charge in [-0.2, -0.15) is 0 Å². The van der Waals surface area contributed by atoms with Gasteiger partial charge in [-0.25, -0.2) is 4.98 Å². The van der Waals surface area contributed by atoms with Crippen molar-refractivity contribution in [1.82, 2.24) is 4.98 Å². The van der Waals surface area contributed by atoms with Crippen molar-refractivity contribution in [1.29, 1.82) is 0 Å². The maximum absolute atomic E-state index is 11.9. The van der Waals surface area contributed by atoms with Crippen molar-refractivity contribution in [2.24, 2.45) is 5.41 Å². The Morgan fingerprint density at radius 3 is 2.67 bits per heavy atom. The van der Waals surface area contributed by atoms with E-state index in [-0.39, 0.29) is 22.7 Å². The van der Waals surface area contributed by atoms with E-state index < -0.39 is 5.41 Å². The first kappa shape index (κ1) is 10.1. The molecular weight excluding hydrogens is 216 g/mol. The highest BCUT2D eigenvalue weighted by Crippen LogP contribution is 2.32. The predicted octanol–water partition coefficient (Wildman–Crippen LogP) is 1.90. The Hall–Kier alpha value is -1.42. The Bertz CT molecular complexity index is 468. The summed E-state index contributed by atoms with van der Waals surface area (Å²) in [6.07, 6.45) is 0. The minimum absolute atomic E-state index is 0.231. The summed E-state index contributed by atoms with van der Waals surface area (Å²) in [5, 5.41) is 2.82. The zero-order valence-electron chi connectivity index (χ0n) is 8.30. The number of Topliss-reactive ketones (excluding diaryl/α,β-unsaturated/α-hetero) is 1. The lowest BCUT2D eigenvalue weighted by Crippen LogP contribution is -2.42. The van der Waals surface area contributed by atoms with Gasteiger partial charge < -0.3 is 5.32 Å². The lowest BCUT2D eigenvalue weighted by molar-refractivity contribution is -0.122. The molecule has 0 fully saturated rings. The van der Waals surface area contributed by atoms with Crippen LogP contribution >= 0.6 is 11.6 Å². The van der Waals surface area contributed by atoms with Crippen molar-refractivity contribution >= 4 is 29.1 Å². The molecule has 0 saturated heterocycles. The Balaban J connectivity index is 2.61. The number of nitrogens with zero attached hydrogens (tertiary/aromatic N) is 1. The molecule has 0 aromatic carbocycles. The third kappa shape index (κ3) is 1.41. The van der Waals surface area contributed by atoms with Crippen LogP contribution in [0.3, 0.4) is 0 Å². The topological polar surface area (TPSA) is 59.1 Å². The molecule has 4 nitrogen and oxygen atoms in total. The Labute approximate surface area is 91.6 Å². The molecule has 1 aliphatic rings. The zero-order valence-corrected chi connectivity index (χ0v) is 9.05. The van der Waals surface area contributed by atoms with E-state index in [4.69, 9.17) is 11.6 Å². The summed E-state index contributed by atoms with van der Waals surface area (Å²) in [5.41, 5.74) is -0.633. The summed E-state index contributed by atoms with van der Waals surface area (Å²) in [4.78, 5) is 27.4. The number of rotatable bonds is 0. The van der Waals surface area contributed by atoms with Crippen LogP contribution in [0.25, 0.3) is 0 Å². The summed E-state index contributed by atoms with van der Waals surface area (Å²) in [7, 11) is 0. The van der Waals surface area contributed by atoms with Crippen molar-refractivity contribution in [2.75, 3.05) is 5.32 Å². The predicted molar refractivity (Wildman–Crippen MR) is 56.0 cm³/mol. The first-order valence-electron chi connectivity index (χ1n) is 4.46. The molecule has 0 spiro atoms. The highest BCUT2D eigenvalue weighted by molar-refractivity contribution is 6.30. The van der Waals surface area contributed by atoms with Crippen molar-refractivity contribution in [3.8, 4) is 0 Å². The Kier molecular flexibility index (Phi) is 2.04. The van der Waals surface area contributed by atoms with Gasteiger partial charge in [-0.05, 0) is 26.0 Å². The average molecular weight is 225 g/mol. The van der Waals surface area contributed by atoms with E-state index in [0.29, 0.717) is 5.56 Å². The molecule has 2 heterocycles. The minimum atomic E-state index is -1.04. The molecule has 0 bridgehead atoms. The molecule has 1 aliphatic heterocycles. The van der Waals surface area contributed by atoms with Crippen LogP contribution in [0.1, 0.15) is 24.2 Å². The molecule has 5 heteroatoms. The standard InChI is InChI=1S/C10H9ClN2O2/c1-10(2)7(14)5-3-4-6(11)12-8(5)13-9(10)15/h3-4H,1-2H3,(H,12,13,15). The second-order valence-electron chi connectivity index (χ2n) is 3.94. The second-order valence-corrected chi connectivity index (χ2v) is 4.33. The van der Waals surface area contributed by atoms with Gasteiger partial charge in [0.2, 0.25) is 5.91 Å². The Morgan fingerprint density at radius 1 is 1.33 bits per heavy atom. The number of nitrogens with one attached hydrogen (secondary N) is 1. The fraction of sp³-hybridized carbons (Fsp3) is 0.300. The molecule has 1 aromatic rings. The summed E-state index contributed by atoms with van der Waals surface area (Å²) in [5.74, 6) is -0.336. The van der Waals surface area contributed by atoms with E-state index in [1.54, 1.807) is 19.9 Å². The summed E-state index contributed by atoms with van der Waals surface area (Å²) < 4.78 is 0. The first-order chi connectivity index (χ1) is 6.93. The fourth-order valence-corrected chi connectivity index (χ4v) is 1.56. The van der Waals surface area contributed by atoms with E-state index in [1.807, 2.05) is 0 Å². The molecule has 0 aliphatic carbocycles. The van der Waals surface area contributed by atoms with E-state index >= 15 is 0 Å². The number of pyridine rings is 1. The van der Waals surface area contributed by atoms with Crippen LogP contribution in [0, 0.1) is 5.41 Å². The number of carbonyl (C=O) groups excluding carboxylic acids is 2. The number of hydrogen-bond donors (Lipinski definition) is 1. The SMILES string of the molecule is CC1(C)C(=O)Nc2nc(Cl)ccc2C1=O. The van der Waals surface area contributed by atoms with Crippen molar-refractivity contribution in [3.63, 3.8) is 0 Å². The number of anilines is 1. The molecule has 0 saturated carbocycles. The van der Waals surface area contributed by atoms with E-state index in [2.05, 4.69) is 10.3 Å². The van der Waals surface area contributed by atoms with Gasteiger partial charge in [-0.15, -0.1) is 0 Å². The number of hydrogen-bond acceptors (Lipinski definition) is 3. The van der Waals surface area contributed by atoms with E-state index in [1.165, 1.54) is 6.07 Å². The van der Waals surface area contributed by atoms with Crippen LogP contribution in [0.5, 0.6) is 0 Å². The highest BCUT2D eigenvalue weighted by Gasteiger charge is 2.42. The van der Waals surface area contributed by atoms with Crippen LogP contribution in [0.2, 0.25) is 5.15 Å². The molecule has 15 heavy (non-hydrogen) atoms. The van der Waals surface area contributed by atoms with Crippen molar-refractivity contribution < 1.29 is 9.59 Å². The van der Waals surface area contributed by atoms with Crippen LogP contribution < -0.4 is 5.32 Å². The van der Waals surface area contributed by atoms with Gasteiger partial charge in [0.1, 0.15) is 16.4 Å². The molecule has 78 valence electrons. The lowest BCUT2D eigenvalue weighted by Gasteiger charge is -2.27. The number of halogens is 1. The number of fused-ring (bicyclic) bond motifs is 1. The van der Waals surface area contributed by atoms with Crippen LogP contribution in [-0.4, -0.2) is 16.7 Å². The minimum Gasteiger partial charge on any atom is -0.309 e. The maximum Gasteiger partial charge on any atom is 0.239 e. The van der Waals surface area contributed by atoms with Gasteiger partial charge >= 0.3 is 0 Å². The Morgan fingerprint density at radius 2 is 2.00 bits per heavy atom. The van der Waals surface area contributed by atoms with E-state index in [9.17, 15) is 9.59 Å². The number of carbonyl (C=O) groups is 2. The quantitative estimate of drug-likeness (QED) is 0.541. The molecule has 1 aromatic heterocycles. The molecule has 1 N–H and O–H groups in total. The van der Waals surface area contributed by atoms with Gasteiger partial charge in [-0.1, -0.05) is 11.6 Å².